The van der Waals surface area contributed by atoms with Crippen LogP contribution in [0.2, 0.25) is 10.0 Å². The lowest BCUT2D eigenvalue weighted by Crippen LogP contribution is -2.50. The van der Waals surface area contributed by atoms with E-state index in [2.05, 4.69) is 5.32 Å². The van der Waals surface area contributed by atoms with Crippen molar-refractivity contribution in [3.8, 4) is 5.75 Å². The van der Waals surface area contributed by atoms with Crippen molar-refractivity contribution >= 4 is 35.0 Å². The van der Waals surface area contributed by atoms with Gasteiger partial charge in [0.2, 0.25) is 5.91 Å². The molecule has 2 aromatic carbocycles. The zero-order chi connectivity index (χ0) is 23.0. The van der Waals surface area contributed by atoms with Gasteiger partial charge < -0.3 is 15.0 Å². The number of ether oxygens (including phenoxy) is 1. The van der Waals surface area contributed by atoms with Crippen molar-refractivity contribution in [2.45, 2.75) is 46.7 Å². The summed E-state index contributed by atoms with van der Waals surface area (Å²) in [5.74, 6) is 0.226. The molecule has 7 heteroatoms. The zero-order valence-electron chi connectivity index (χ0n) is 18.5. The summed E-state index contributed by atoms with van der Waals surface area (Å²) in [5.41, 5.74) is 2.07. The van der Waals surface area contributed by atoms with Crippen LogP contribution in [0.5, 0.6) is 5.75 Å². The van der Waals surface area contributed by atoms with E-state index < -0.39 is 6.04 Å². The normalized spacial score (nSPS) is 11.8. The van der Waals surface area contributed by atoms with Gasteiger partial charge in [-0.2, -0.15) is 0 Å². The SMILES string of the molecule is CCC(C(=O)NCC(C)C)N(Cc1ccc(C)cc1)C(=O)COc1ccc(Cl)cc1Cl. The molecule has 0 aliphatic rings. The first-order chi connectivity index (χ1) is 14.7. The zero-order valence-corrected chi connectivity index (χ0v) is 20.0. The highest BCUT2D eigenvalue weighted by Gasteiger charge is 2.29. The average Bonchev–Trinajstić information content (AvgIpc) is 2.72. The third-order valence-corrected chi connectivity index (χ3v) is 5.32. The van der Waals surface area contributed by atoms with Crippen molar-refractivity contribution in [3.05, 3.63) is 63.6 Å². The van der Waals surface area contributed by atoms with Crippen LogP contribution in [-0.4, -0.2) is 35.9 Å². The fourth-order valence-electron chi connectivity index (χ4n) is 3.05. The Balaban J connectivity index is 2.20. The van der Waals surface area contributed by atoms with Gasteiger partial charge in [-0.3, -0.25) is 9.59 Å². The summed E-state index contributed by atoms with van der Waals surface area (Å²) in [7, 11) is 0. The highest BCUT2D eigenvalue weighted by molar-refractivity contribution is 6.35. The number of hydrogen-bond donors (Lipinski definition) is 1. The first-order valence-corrected chi connectivity index (χ1v) is 11.2. The van der Waals surface area contributed by atoms with E-state index in [0.717, 1.165) is 11.1 Å². The molecule has 0 saturated carbocycles. The smallest absolute Gasteiger partial charge is 0.261 e. The van der Waals surface area contributed by atoms with Crippen LogP contribution >= 0.6 is 23.2 Å². The lowest BCUT2D eigenvalue weighted by atomic mass is 10.1. The molecule has 0 aliphatic carbocycles. The summed E-state index contributed by atoms with van der Waals surface area (Å²) in [5, 5.41) is 3.75. The molecule has 1 atom stereocenters. The summed E-state index contributed by atoms with van der Waals surface area (Å²) in [6.45, 7) is 8.58. The molecule has 0 heterocycles. The molecule has 31 heavy (non-hydrogen) atoms. The molecule has 2 aromatic rings. The number of nitrogens with zero attached hydrogens (tertiary/aromatic N) is 1. The van der Waals surface area contributed by atoms with Crippen molar-refractivity contribution in [3.63, 3.8) is 0 Å². The molecule has 5 nitrogen and oxygen atoms in total. The van der Waals surface area contributed by atoms with Crippen LogP contribution in [0.3, 0.4) is 0 Å². The van der Waals surface area contributed by atoms with Gasteiger partial charge in [0.15, 0.2) is 6.61 Å². The standard InChI is InChI=1S/C24H30Cl2N2O3/c1-5-21(24(30)27-13-16(2)3)28(14-18-8-6-17(4)7-9-18)23(29)15-31-22-11-10-19(25)12-20(22)26/h6-12,16,21H,5,13-15H2,1-4H3,(H,27,30). The Morgan fingerprint density at radius 3 is 2.35 bits per heavy atom. The molecular weight excluding hydrogens is 435 g/mol. The summed E-state index contributed by atoms with van der Waals surface area (Å²) >= 11 is 12.1. The molecule has 1 unspecified atom stereocenters. The van der Waals surface area contributed by atoms with Gasteiger partial charge in [-0.1, -0.05) is 73.8 Å². The lowest BCUT2D eigenvalue weighted by molar-refractivity contribution is -0.143. The van der Waals surface area contributed by atoms with E-state index in [-0.39, 0.29) is 18.4 Å². The molecule has 168 valence electrons. The second-order valence-corrected chi connectivity index (χ2v) is 8.78. The Morgan fingerprint density at radius 2 is 1.77 bits per heavy atom. The maximum atomic E-state index is 13.2. The molecule has 0 bridgehead atoms. The number of carbonyl (C=O) groups excluding carboxylic acids is 2. The maximum Gasteiger partial charge on any atom is 0.261 e. The number of carbonyl (C=O) groups is 2. The lowest BCUT2D eigenvalue weighted by Gasteiger charge is -2.31. The van der Waals surface area contributed by atoms with E-state index in [1.54, 1.807) is 23.1 Å². The minimum atomic E-state index is -0.600. The van der Waals surface area contributed by atoms with E-state index >= 15 is 0 Å². The van der Waals surface area contributed by atoms with E-state index in [1.165, 1.54) is 0 Å². The molecule has 0 aliphatic heterocycles. The molecule has 2 rings (SSSR count). The Hall–Kier alpha value is -2.24. The summed E-state index contributed by atoms with van der Waals surface area (Å²) in [4.78, 5) is 27.6. The number of aryl methyl sites for hydroxylation is 1. The van der Waals surface area contributed by atoms with Crippen molar-refractivity contribution in [2.75, 3.05) is 13.2 Å². The van der Waals surface area contributed by atoms with Crippen LogP contribution in [0.25, 0.3) is 0 Å². The van der Waals surface area contributed by atoms with Gasteiger partial charge in [0.25, 0.3) is 5.91 Å². The third kappa shape index (κ3) is 7.75. The fraction of sp³-hybridized carbons (Fsp3) is 0.417. The Morgan fingerprint density at radius 1 is 1.10 bits per heavy atom. The molecule has 0 fully saturated rings. The second kappa shape index (κ2) is 12.0. The Kier molecular flexibility index (Phi) is 9.66. The van der Waals surface area contributed by atoms with Crippen molar-refractivity contribution in [1.82, 2.24) is 10.2 Å². The van der Waals surface area contributed by atoms with Gasteiger partial charge in [0.05, 0.1) is 5.02 Å². The molecule has 0 aromatic heterocycles. The predicted molar refractivity (Wildman–Crippen MR) is 126 cm³/mol. The molecular formula is C24H30Cl2N2O3. The van der Waals surface area contributed by atoms with Gasteiger partial charge in [-0.25, -0.2) is 0 Å². The van der Waals surface area contributed by atoms with E-state index in [0.29, 0.717) is 41.2 Å². The van der Waals surface area contributed by atoms with Gasteiger partial charge >= 0.3 is 0 Å². The fourth-order valence-corrected chi connectivity index (χ4v) is 3.51. The minimum Gasteiger partial charge on any atom is -0.482 e. The van der Waals surface area contributed by atoms with Gasteiger partial charge in [-0.15, -0.1) is 0 Å². The molecule has 0 radical (unpaired) electrons. The number of nitrogens with one attached hydrogen (secondary N) is 1. The molecule has 1 N–H and O–H groups in total. The predicted octanol–water partition coefficient (Wildman–Crippen LogP) is 5.26. The Labute approximate surface area is 194 Å². The molecule has 0 saturated heterocycles. The van der Waals surface area contributed by atoms with Crippen molar-refractivity contribution in [2.24, 2.45) is 5.92 Å². The van der Waals surface area contributed by atoms with Crippen LogP contribution in [0.15, 0.2) is 42.5 Å². The monoisotopic (exact) mass is 464 g/mol. The summed E-state index contributed by atoms with van der Waals surface area (Å²) in [6.07, 6.45) is 0.489. The molecule has 2 amide bonds. The second-order valence-electron chi connectivity index (χ2n) is 7.93. The third-order valence-electron chi connectivity index (χ3n) is 4.79. The number of hydrogen-bond acceptors (Lipinski definition) is 3. The van der Waals surface area contributed by atoms with Gasteiger partial charge in [0.1, 0.15) is 11.8 Å². The van der Waals surface area contributed by atoms with Crippen molar-refractivity contribution < 1.29 is 14.3 Å². The number of benzene rings is 2. The summed E-state index contributed by atoms with van der Waals surface area (Å²) in [6, 6.07) is 12.1. The molecule has 0 spiro atoms. The Bertz CT molecular complexity index is 885. The van der Waals surface area contributed by atoms with Gasteiger partial charge in [0, 0.05) is 18.1 Å². The van der Waals surface area contributed by atoms with E-state index in [9.17, 15) is 9.59 Å². The van der Waals surface area contributed by atoms with Crippen LogP contribution in [0.4, 0.5) is 0 Å². The number of amides is 2. The highest BCUT2D eigenvalue weighted by atomic mass is 35.5. The highest BCUT2D eigenvalue weighted by Crippen LogP contribution is 2.27. The van der Waals surface area contributed by atoms with Crippen LogP contribution in [0, 0.1) is 12.8 Å². The van der Waals surface area contributed by atoms with Crippen LogP contribution < -0.4 is 10.1 Å². The van der Waals surface area contributed by atoms with E-state index in [1.807, 2.05) is 52.0 Å². The van der Waals surface area contributed by atoms with E-state index in [4.69, 9.17) is 27.9 Å². The topological polar surface area (TPSA) is 58.6 Å². The minimum absolute atomic E-state index is 0.166. The maximum absolute atomic E-state index is 13.2. The summed E-state index contributed by atoms with van der Waals surface area (Å²) < 4.78 is 5.65. The number of rotatable bonds is 10. The first kappa shape index (κ1) is 25.0. The van der Waals surface area contributed by atoms with Crippen molar-refractivity contribution in [1.29, 1.82) is 0 Å². The van der Waals surface area contributed by atoms with Gasteiger partial charge in [-0.05, 0) is 43.0 Å². The quantitative estimate of drug-likeness (QED) is 0.521. The van der Waals surface area contributed by atoms with Crippen LogP contribution in [0.1, 0.15) is 38.3 Å². The van der Waals surface area contributed by atoms with Crippen LogP contribution in [-0.2, 0) is 16.1 Å². The number of halogens is 2. The first-order valence-electron chi connectivity index (χ1n) is 10.4. The average molecular weight is 465 g/mol. The largest absolute Gasteiger partial charge is 0.482 e.